The summed E-state index contributed by atoms with van der Waals surface area (Å²) in [5, 5.41) is 9.67. The number of esters is 1. The number of anilines is 1. The van der Waals surface area contributed by atoms with Crippen LogP contribution < -0.4 is 5.32 Å². The van der Waals surface area contributed by atoms with Crippen molar-refractivity contribution in [3.05, 3.63) is 94.2 Å². The predicted molar refractivity (Wildman–Crippen MR) is 133 cm³/mol. The fourth-order valence-corrected chi connectivity index (χ4v) is 4.62. The summed E-state index contributed by atoms with van der Waals surface area (Å²) in [6.07, 6.45) is 1.67. The van der Waals surface area contributed by atoms with Gasteiger partial charge < -0.3 is 10.1 Å². The minimum atomic E-state index is -0.514. The number of nitrogens with zero attached hydrogens (tertiary/aromatic N) is 3. The molecular weight excluding hydrogens is 467 g/mol. The summed E-state index contributed by atoms with van der Waals surface area (Å²) in [5.41, 5.74) is 4.23. The van der Waals surface area contributed by atoms with Gasteiger partial charge in [-0.25, -0.2) is 18.9 Å². The van der Waals surface area contributed by atoms with Gasteiger partial charge in [-0.05, 0) is 54.8 Å². The van der Waals surface area contributed by atoms with E-state index in [9.17, 15) is 14.0 Å². The minimum Gasteiger partial charge on any atom is -0.465 e. The zero-order valence-electron chi connectivity index (χ0n) is 18.8. The summed E-state index contributed by atoms with van der Waals surface area (Å²) in [6.45, 7) is 1.89. The largest absolute Gasteiger partial charge is 0.465 e. The van der Waals surface area contributed by atoms with Crippen molar-refractivity contribution in [3.8, 4) is 16.9 Å². The van der Waals surface area contributed by atoms with Gasteiger partial charge in [0.2, 0.25) is 0 Å². The molecule has 3 heterocycles. The van der Waals surface area contributed by atoms with Crippen LogP contribution in [0.25, 0.3) is 27.8 Å². The number of ether oxygens (including phenoxy) is 1. The first kappa shape index (κ1) is 22.4. The lowest BCUT2D eigenvalue weighted by atomic mass is 10.0. The van der Waals surface area contributed by atoms with Crippen molar-refractivity contribution >= 4 is 39.8 Å². The van der Waals surface area contributed by atoms with Gasteiger partial charge in [0.25, 0.3) is 5.91 Å². The molecule has 1 amide bonds. The fourth-order valence-electron chi connectivity index (χ4n) is 3.85. The molecule has 0 unspecified atom stereocenters. The average molecular weight is 487 g/mol. The number of methoxy groups -OCH3 is 1. The highest BCUT2D eigenvalue weighted by atomic mass is 32.1. The van der Waals surface area contributed by atoms with E-state index in [4.69, 9.17) is 9.72 Å². The number of hydrogen-bond donors (Lipinski definition) is 1. The number of carbonyl (C=O) groups is 2. The Hall–Kier alpha value is -4.37. The first-order valence-electron chi connectivity index (χ1n) is 10.6. The van der Waals surface area contributed by atoms with E-state index in [1.807, 2.05) is 31.2 Å². The summed E-state index contributed by atoms with van der Waals surface area (Å²) in [7, 11) is 1.30. The Balaban J connectivity index is 1.57. The van der Waals surface area contributed by atoms with Crippen molar-refractivity contribution in [2.75, 3.05) is 12.4 Å². The number of rotatable bonds is 5. The lowest BCUT2D eigenvalue weighted by molar-refractivity contribution is 0.0607. The summed E-state index contributed by atoms with van der Waals surface area (Å²) in [4.78, 5) is 30.5. The molecule has 0 radical (unpaired) electrons. The summed E-state index contributed by atoms with van der Waals surface area (Å²) >= 11 is 1.19. The molecule has 0 aliphatic heterocycles. The van der Waals surface area contributed by atoms with Gasteiger partial charge in [-0.1, -0.05) is 18.2 Å². The first-order chi connectivity index (χ1) is 17.0. The second-order valence-electron chi connectivity index (χ2n) is 7.71. The van der Waals surface area contributed by atoms with Gasteiger partial charge in [0.05, 0.1) is 47.1 Å². The highest BCUT2D eigenvalue weighted by Gasteiger charge is 2.20. The lowest BCUT2D eigenvalue weighted by Crippen LogP contribution is -2.15. The van der Waals surface area contributed by atoms with Crippen molar-refractivity contribution in [1.29, 1.82) is 0 Å². The predicted octanol–water partition coefficient (Wildman–Crippen LogP) is 5.64. The molecular formula is C26H19FN4O3S. The van der Waals surface area contributed by atoms with Crippen LogP contribution in [0.4, 0.5) is 10.1 Å². The van der Waals surface area contributed by atoms with E-state index in [2.05, 4.69) is 10.4 Å². The van der Waals surface area contributed by atoms with Crippen LogP contribution in [0.1, 0.15) is 25.7 Å². The number of nitrogens with one attached hydrogen (secondary N) is 1. The molecule has 0 saturated heterocycles. The van der Waals surface area contributed by atoms with E-state index < -0.39 is 5.97 Å². The molecule has 35 heavy (non-hydrogen) atoms. The number of hydrogen-bond acceptors (Lipinski definition) is 6. The van der Waals surface area contributed by atoms with Crippen molar-refractivity contribution < 1.29 is 18.7 Å². The van der Waals surface area contributed by atoms with Crippen LogP contribution in [0.2, 0.25) is 0 Å². The molecule has 1 N–H and O–H groups in total. The average Bonchev–Trinajstić information content (AvgIpc) is 3.49. The van der Waals surface area contributed by atoms with Gasteiger partial charge >= 0.3 is 5.97 Å². The van der Waals surface area contributed by atoms with E-state index in [0.29, 0.717) is 38.4 Å². The zero-order chi connectivity index (χ0) is 24.5. The number of halogens is 1. The molecule has 0 bridgehead atoms. The van der Waals surface area contributed by atoms with Crippen molar-refractivity contribution in [1.82, 2.24) is 14.8 Å². The van der Waals surface area contributed by atoms with Crippen LogP contribution >= 0.6 is 11.3 Å². The van der Waals surface area contributed by atoms with Crippen LogP contribution in [0.15, 0.2) is 72.2 Å². The second kappa shape index (κ2) is 9.11. The van der Waals surface area contributed by atoms with Crippen LogP contribution in [-0.4, -0.2) is 33.8 Å². The molecule has 0 atom stereocenters. The van der Waals surface area contributed by atoms with Crippen molar-refractivity contribution in [3.63, 3.8) is 0 Å². The Labute approximate surface area is 203 Å². The molecule has 0 saturated carbocycles. The number of carbonyl (C=O) groups excluding carboxylic acids is 2. The van der Waals surface area contributed by atoms with Crippen LogP contribution in [-0.2, 0) is 4.74 Å². The van der Waals surface area contributed by atoms with E-state index in [1.165, 1.54) is 30.6 Å². The number of fused-ring (bicyclic) bond motifs is 1. The second-order valence-corrected chi connectivity index (χ2v) is 8.63. The topological polar surface area (TPSA) is 86.1 Å². The van der Waals surface area contributed by atoms with Crippen LogP contribution in [0, 0.1) is 12.7 Å². The van der Waals surface area contributed by atoms with Crippen LogP contribution in [0.5, 0.6) is 0 Å². The Bertz CT molecular complexity index is 1570. The van der Waals surface area contributed by atoms with E-state index >= 15 is 0 Å². The maximum Gasteiger partial charge on any atom is 0.350 e. The maximum absolute atomic E-state index is 13.4. The first-order valence-corrected chi connectivity index (χ1v) is 11.5. The number of para-hydroxylation sites is 1. The van der Waals surface area contributed by atoms with Gasteiger partial charge in [-0.15, -0.1) is 11.3 Å². The molecule has 0 aliphatic carbocycles. The summed E-state index contributed by atoms with van der Waals surface area (Å²) < 4.78 is 19.9. The molecule has 9 heteroatoms. The number of thiophene rings is 1. The molecule has 0 spiro atoms. The molecule has 3 aromatic heterocycles. The standard InChI is InChI=1S/C26H19FN4O3S/c1-15-20(14-28-31(15)17-9-7-16(27)8-10-17)23-13-19(18-5-3-4-6-21(18)29-23)25(32)30-22-11-12-35-24(22)26(33)34-2/h3-14H,1-2H3,(H,30,32). The Morgan fingerprint density at radius 1 is 1.09 bits per heavy atom. The molecule has 2 aromatic carbocycles. The van der Waals surface area contributed by atoms with E-state index in [-0.39, 0.29) is 11.7 Å². The summed E-state index contributed by atoms with van der Waals surface area (Å²) in [6, 6.07) is 16.8. The maximum atomic E-state index is 13.4. The third-order valence-corrected chi connectivity index (χ3v) is 6.50. The van der Waals surface area contributed by atoms with Crippen molar-refractivity contribution in [2.45, 2.75) is 6.92 Å². The minimum absolute atomic E-state index is 0.316. The molecule has 0 fully saturated rings. The Morgan fingerprint density at radius 3 is 2.63 bits per heavy atom. The number of amides is 1. The summed E-state index contributed by atoms with van der Waals surface area (Å²) in [5.74, 6) is -1.22. The SMILES string of the molecule is COC(=O)c1sccc1NC(=O)c1cc(-c2cnn(-c3ccc(F)cc3)c2C)nc2ccccc12. The van der Waals surface area contributed by atoms with Gasteiger partial charge in [0, 0.05) is 10.9 Å². The monoisotopic (exact) mass is 486 g/mol. The van der Waals surface area contributed by atoms with E-state index in [1.54, 1.807) is 40.5 Å². The Kier molecular flexibility index (Phi) is 5.84. The van der Waals surface area contributed by atoms with E-state index in [0.717, 1.165) is 11.3 Å². The van der Waals surface area contributed by atoms with Gasteiger partial charge in [0.15, 0.2) is 0 Å². The lowest BCUT2D eigenvalue weighted by Gasteiger charge is -2.11. The van der Waals surface area contributed by atoms with Gasteiger partial charge in [0.1, 0.15) is 10.7 Å². The molecule has 174 valence electrons. The quantitative estimate of drug-likeness (QED) is 0.325. The molecule has 0 aliphatic rings. The molecule has 5 rings (SSSR count). The third kappa shape index (κ3) is 4.17. The van der Waals surface area contributed by atoms with Crippen molar-refractivity contribution in [2.24, 2.45) is 0 Å². The third-order valence-electron chi connectivity index (χ3n) is 5.60. The fraction of sp³-hybridized carbons (Fsp3) is 0.0769. The molecule has 7 nitrogen and oxygen atoms in total. The Morgan fingerprint density at radius 2 is 1.86 bits per heavy atom. The van der Waals surface area contributed by atoms with Crippen LogP contribution in [0.3, 0.4) is 0 Å². The zero-order valence-corrected chi connectivity index (χ0v) is 19.6. The molecule has 5 aromatic rings. The highest BCUT2D eigenvalue weighted by Crippen LogP contribution is 2.30. The smallest absolute Gasteiger partial charge is 0.350 e. The number of benzene rings is 2. The van der Waals surface area contributed by atoms with Gasteiger partial charge in [-0.2, -0.15) is 5.10 Å². The van der Waals surface area contributed by atoms with Gasteiger partial charge in [-0.3, -0.25) is 4.79 Å². The number of aromatic nitrogens is 3. The number of pyridine rings is 1. The normalized spacial score (nSPS) is 10.9. The highest BCUT2D eigenvalue weighted by molar-refractivity contribution is 7.12.